The molecule has 1 fully saturated rings. The molecule has 7 nitrogen and oxygen atoms in total. The summed E-state index contributed by atoms with van der Waals surface area (Å²) in [6, 6.07) is 12.5. The van der Waals surface area contributed by atoms with Crippen LogP contribution in [0, 0.1) is 0 Å². The van der Waals surface area contributed by atoms with E-state index >= 15 is 0 Å². The Morgan fingerprint density at radius 1 is 1.11 bits per heavy atom. The van der Waals surface area contributed by atoms with Crippen LogP contribution in [0.1, 0.15) is 50.4 Å². The molecule has 1 aliphatic rings. The minimum absolute atomic E-state index is 0.0131. The van der Waals surface area contributed by atoms with Gasteiger partial charge < -0.3 is 4.90 Å². The second kappa shape index (κ2) is 12.3. The highest BCUT2D eigenvalue weighted by molar-refractivity contribution is 7.98. The summed E-state index contributed by atoms with van der Waals surface area (Å²) in [5.74, 6) is -0.174. The Morgan fingerprint density at radius 3 is 2.49 bits per heavy atom. The molecule has 0 bridgehead atoms. The number of sulfonamides is 1. The van der Waals surface area contributed by atoms with Gasteiger partial charge in [-0.1, -0.05) is 37.7 Å². The minimum atomic E-state index is -3.59. The Kier molecular flexibility index (Phi) is 9.29. The first-order valence-corrected chi connectivity index (χ1v) is 16.4. The molecule has 0 saturated carbocycles. The van der Waals surface area contributed by atoms with Gasteiger partial charge in [-0.2, -0.15) is 4.31 Å². The lowest BCUT2D eigenvalue weighted by molar-refractivity contribution is 0.0983. The topological polar surface area (TPSA) is 73.8 Å². The minimum Gasteiger partial charge on any atom is -0.302 e. The van der Waals surface area contributed by atoms with Crippen molar-refractivity contribution < 1.29 is 13.2 Å². The quantitative estimate of drug-likeness (QED) is 0.302. The molecule has 0 spiro atoms. The summed E-state index contributed by atoms with van der Waals surface area (Å²) >= 11 is 3.15. The molecule has 1 amide bonds. The predicted octanol–water partition coefficient (Wildman–Crippen LogP) is 5.57. The maximum Gasteiger partial charge on any atom is 0.260 e. The maximum atomic E-state index is 13.8. The van der Waals surface area contributed by atoms with Crippen LogP contribution < -0.4 is 4.90 Å². The summed E-state index contributed by atoms with van der Waals surface area (Å²) in [6.45, 7) is 9.75. The monoisotopic (exact) mass is 560 g/mol. The summed E-state index contributed by atoms with van der Waals surface area (Å²) in [4.78, 5) is 24.0. The Hall–Kier alpha value is -1.98. The van der Waals surface area contributed by atoms with E-state index in [1.54, 1.807) is 45.2 Å². The number of para-hydroxylation sites is 1. The highest BCUT2D eigenvalue weighted by Crippen LogP contribution is 2.35. The molecule has 4 rings (SSSR count). The number of likely N-dealkylation sites (N-methyl/N-ethyl adjacent to an activating group) is 1. The van der Waals surface area contributed by atoms with E-state index < -0.39 is 10.0 Å². The van der Waals surface area contributed by atoms with Crippen LogP contribution in [0.3, 0.4) is 0 Å². The number of hydrogen-bond acceptors (Lipinski definition) is 7. The Morgan fingerprint density at radius 2 is 1.84 bits per heavy atom. The van der Waals surface area contributed by atoms with Gasteiger partial charge in [0.2, 0.25) is 10.0 Å². The molecule has 200 valence electrons. The summed E-state index contributed by atoms with van der Waals surface area (Å²) in [6.07, 6.45) is 4.82. The van der Waals surface area contributed by atoms with Crippen LogP contribution in [-0.2, 0) is 10.0 Å². The highest BCUT2D eigenvalue weighted by atomic mass is 32.2. The van der Waals surface area contributed by atoms with Crippen molar-refractivity contribution in [2.75, 3.05) is 43.9 Å². The molecule has 3 aromatic rings. The molecule has 2 heterocycles. The van der Waals surface area contributed by atoms with Gasteiger partial charge in [0, 0.05) is 36.1 Å². The SMILES string of the molecule is CCN(CC)CCN(C(=O)c1ccc(S(=O)(=O)N2CCCCC2C)cc1)c1nc2c(SC)cccc2s1. The number of carbonyl (C=O) groups is 1. The summed E-state index contributed by atoms with van der Waals surface area (Å²) < 4.78 is 29.1. The smallest absolute Gasteiger partial charge is 0.260 e. The van der Waals surface area contributed by atoms with Crippen molar-refractivity contribution in [1.29, 1.82) is 0 Å². The lowest BCUT2D eigenvalue weighted by atomic mass is 10.1. The first-order valence-electron chi connectivity index (χ1n) is 12.9. The van der Waals surface area contributed by atoms with Gasteiger partial charge in [-0.15, -0.1) is 11.8 Å². The first kappa shape index (κ1) is 28.0. The van der Waals surface area contributed by atoms with Crippen LogP contribution >= 0.6 is 23.1 Å². The number of fused-ring (bicyclic) bond motifs is 1. The third-order valence-corrected chi connectivity index (χ3v) is 10.9. The fourth-order valence-corrected chi connectivity index (χ4v) is 8.09. The second-order valence-electron chi connectivity index (χ2n) is 9.27. The van der Waals surface area contributed by atoms with E-state index in [-0.39, 0.29) is 16.8 Å². The molecule has 1 saturated heterocycles. The second-order valence-corrected chi connectivity index (χ2v) is 13.0. The zero-order valence-corrected chi connectivity index (χ0v) is 24.5. The number of carbonyl (C=O) groups excluding carboxylic acids is 1. The van der Waals surface area contributed by atoms with Crippen molar-refractivity contribution >= 4 is 54.4 Å². The van der Waals surface area contributed by atoms with E-state index in [4.69, 9.17) is 4.98 Å². The summed E-state index contributed by atoms with van der Waals surface area (Å²) in [7, 11) is -3.59. The molecule has 10 heteroatoms. The van der Waals surface area contributed by atoms with Crippen LogP contribution in [0.5, 0.6) is 0 Å². The summed E-state index contributed by atoms with van der Waals surface area (Å²) in [5.41, 5.74) is 1.36. The van der Waals surface area contributed by atoms with Crippen molar-refractivity contribution in [3.8, 4) is 0 Å². The number of aromatic nitrogens is 1. The van der Waals surface area contributed by atoms with Crippen molar-refractivity contribution in [2.45, 2.75) is 55.9 Å². The van der Waals surface area contributed by atoms with E-state index in [9.17, 15) is 13.2 Å². The number of thiazole rings is 1. The number of hydrogen-bond donors (Lipinski definition) is 0. The largest absolute Gasteiger partial charge is 0.302 e. The number of piperidine rings is 1. The number of thioether (sulfide) groups is 1. The standard InChI is InChI=1S/C27H36N4O3S3/c1-5-29(6-2)18-19-30(27-28-25-23(35-4)11-9-12-24(25)36-27)26(32)21-13-15-22(16-14-21)37(33,34)31-17-8-7-10-20(31)3/h9,11-16,20H,5-8,10,17-19H2,1-4H3. The van der Waals surface area contributed by atoms with Crippen LogP contribution in [0.25, 0.3) is 10.2 Å². The third kappa shape index (κ3) is 6.04. The van der Waals surface area contributed by atoms with E-state index in [1.165, 1.54) is 11.3 Å². The van der Waals surface area contributed by atoms with E-state index in [0.29, 0.717) is 23.8 Å². The molecule has 1 aliphatic heterocycles. The molecule has 1 aromatic heterocycles. The van der Waals surface area contributed by atoms with Crippen LogP contribution in [0.15, 0.2) is 52.3 Å². The van der Waals surface area contributed by atoms with Gasteiger partial charge in [0.25, 0.3) is 5.91 Å². The molecular weight excluding hydrogens is 525 g/mol. The molecule has 1 unspecified atom stereocenters. The number of rotatable bonds is 10. The molecule has 0 radical (unpaired) electrons. The Bertz CT molecular complexity index is 1320. The van der Waals surface area contributed by atoms with Crippen LogP contribution in [0.4, 0.5) is 5.13 Å². The molecule has 1 atom stereocenters. The predicted molar refractivity (Wildman–Crippen MR) is 155 cm³/mol. The summed E-state index contributed by atoms with van der Waals surface area (Å²) in [5, 5.41) is 0.660. The lowest BCUT2D eigenvalue weighted by Gasteiger charge is -2.32. The van der Waals surface area contributed by atoms with Gasteiger partial charge >= 0.3 is 0 Å². The van der Waals surface area contributed by atoms with Crippen molar-refractivity contribution in [2.24, 2.45) is 0 Å². The van der Waals surface area contributed by atoms with Crippen molar-refractivity contribution in [3.63, 3.8) is 0 Å². The molecular formula is C27H36N4O3S3. The highest BCUT2D eigenvalue weighted by Gasteiger charge is 2.31. The van der Waals surface area contributed by atoms with E-state index in [0.717, 1.165) is 54.0 Å². The number of anilines is 1. The number of nitrogens with zero attached hydrogens (tertiary/aromatic N) is 4. The fraction of sp³-hybridized carbons (Fsp3) is 0.481. The molecule has 0 N–H and O–H groups in total. The van der Waals surface area contributed by atoms with Gasteiger partial charge in [0.05, 0.1) is 15.1 Å². The first-order chi connectivity index (χ1) is 17.8. The van der Waals surface area contributed by atoms with Crippen LogP contribution in [0.2, 0.25) is 0 Å². The normalized spacial score (nSPS) is 16.9. The average Bonchev–Trinajstić information content (AvgIpc) is 3.35. The molecule has 37 heavy (non-hydrogen) atoms. The van der Waals surface area contributed by atoms with Gasteiger partial charge in [0.15, 0.2) is 5.13 Å². The van der Waals surface area contributed by atoms with E-state index in [1.807, 2.05) is 31.4 Å². The fourth-order valence-electron chi connectivity index (χ4n) is 4.75. The van der Waals surface area contributed by atoms with Crippen molar-refractivity contribution in [3.05, 3.63) is 48.0 Å². The zero-order valence-electron chi connectivity index (χ0n) is 22.0. The van der Waals surface area contributed by atoms with Gasteiger partial charge in [-0.25, -0.2) is 13.4 Å². The van der Waals surface area contributed by atoms with Gasteiger partial charge in [0.1, 0.15) is 0 Å². The van der Waals surface area contributed by atoms with Gasteiger partial charge in [-0.05, 0) is 75.5 Å². The third-order valence-electron chi connectivity index (χ3n) is 7.05. The average molecular weight is 561 g/mol. The Labute approximate surface area is 228 Å². The number of benzene rings is 2. The Balaban J connectivity index is 1.64. The van der Waals surface area contributed by atoms with Crippen molar-refractivity contribution in [1.82, 2.24) is 14.2 Å². The van der Waals surface area contributed by atoms with E-state index in [2.05, 4.69) is 18.7 Å². The molecule has 2 aromatic carbocycles. The number of amides is 1. The maximum absolute atomic E-state index is 13.8. The lowest BCUT2D eigenvalue weighted by Crippen LogP contribution is -2.42. The van der Waals surface area contributed by atoms with Crippen LogP contribution in [-0.4, -0.2) is 73.5 Å². The zero-order chi connectivity index (χ0) is 26.6. The molecule has 0 aliphatic carbocycles. The van der Waals surface area contributed by atoms with Gasteiger partial charge in [-0.3, -0.25) is 9.69 Å².